The van der Waals surface area contributed by atoms with Crippen LogP contribution in [0.3, 0.4) is 0 Å². The molecule has 295 valence electrons. The van der Waals surface area contributed by atoms with Gasteiger partial charge in [-0.05, 0) is 55.3 Å². The van der Waals surface area contributed by atoms with Crippen molar-refractivity contribution in [1.29, 1.82) is 0 Å². The topological polar surface area (TPSA) is 171 Å². The second-order valence-electron chi connectivity index (χ2n) is 13.1. The van der Waals surface area contributed by atoms with Crippen molar-refractivity contribution in [2.24, 2.45) is 30.0 Å². The number of carbonyl (C=O) groups is 1. The van der Waals surface area contributed by atoms with Crippen LogP contribution in [0, 0.1) is 19.8 Å². The third-order valence-electron chi connectivity index (χ3n) is 9.60. The first kappa shape index (κ1) is 42.5. The van der Waals surface area contributed by atoms with Gasteiger partial charge in [-0.2, -0.15) is 0 Å². The number of rotatable bonds is 6. The molecule has 3 aliphatic rings. The first-order valence-corrected chi connectivity index (χ1v) is 17.7. The van der Waals surface area contributed by atoms with Crippen LogP contribution in [0.2, 0.25) is 0 Å². The third kappa shape index (κ3) is 9.00. The average Bonchev–Trinajstić information content (AvgIpc) is 3.89. The van der Waals surface area contributed by atoms with Gasteiger partial charge in [0.25, 0.3) is 17.1 Å². The zero-order valence-electron chi connectivity index (χ0n) is 31.7. The number of aromatic nitrogens is 4. The summed E-state index contributed by atoms with van der Waals surface area (Å²) in [6.45, 7) is 5.76. The summed E-state index contributed by atoms with van der Waals surface area (Å²) in [6, 6.07) is 27.7. The summed E-state index contributed by atoms with van der Waals surface area (Å²) in [4.78, 5) is 43.8. The smallest absolute Gasteiger partial charge is 0.300 e. The zero-order chi connectivity index (χ0) is 38.4. The van der Waals surface area contributed by atoms with Crippen LogP contribution < -0.4 is 21.8 Å². The van der Waals surface area contributed by atoms with Crippen LogP contribution in [-0.2, 0) is 36.0 Å². The molecule has 1 aliphatic carbocycles. The number of aliphatic carboxylic acids is 1. The van der Waals surface area contributed by atoms with Crippen LogP contribution in [0.15, 0.2) is 141 Å². The predicted molar refractivity (Wildman–Crippen MR) is 220 cm³/mol. The van der Waals surface area contributed by atoms with E-state index in [0.29, 0.717) is 11.4 Å². The third-order valence-corrected chi connectivity index (χ3v) is 9.60. The van der Waals surface area contributed by atoms with Gasteiger partial charge in [-0.3, -0.25) is 33.7 Å². The fourth-order valence-electron chi connectivity index (χ4n) is 6.64. The maximum atomic E-state index is 12.9. The Morgan fingerprint density at radius 1 is 0.857 bits per heavy atom. The number of hydrogen-bond donors (Lipinski definition) is 3. The minimum Gasteiger partial charge on any atom is -0.481 e. The van der Waals surface area contributed by atoms with Gasteiger partial charge in [0, 0.05) is 80.8 Å². The van der Waals surface area contributed by atoms with Crippen molar-refractivity contribution in [2.75, 3.05) is 17.2 Å². The molecular weight excluding hydrogens is 760 g/mol. The number of benzene rings is 3. The molecule has 1 radical (unpaired) electrons. The first-order valence-electron chi connectivity index (χ1n) is 17.7. The summed E-state index contributed by atoms with van der Waals surface area (Å²) < 4.78 is 7.05. The maximum absolute atomic E-state index is 12.9. The van der Waals surface area contributed by atoms with Gasteiger partial charge < -0.3 is 21.2 Å². The van der Waals surface area contributed by atoms with Crippen molar-refractivity contribution in [3.63, 3.8) is 0 Å². The summed E-state index contributed by atoms with van der Waals surface area (Å²) in [7, 11) is 3.78. The van der Waals surface area contributed by atoms with E-state index in [9.17, 15) is 9.59 Å². The van der Waals surface area contributed by atoms with Gasteiger partial charge in [0.05, 0.1) is 28.8 Å². The molecule has 0 bridgehead atoms. The molecule has 0 fully saturated rings. The Morgan fingerprint density at radius 3 is 2.05 bits per heavy atom. The van der Waals surface area contributed by atoms with Gasteiger partial charge in [-0.15, -0.1) is 0 Å². The second-order valence-corrected chi connectivity index (χ2v) is 13.1. The van der Waals surface area contributed by atoms with Crippen LogP contribution in [-0.4, -0.2) is 60.3 Å². The standard InChI is InChI=1S/2C20H20N4O.C2H4O2.Cu.H2O/c2*1-14-19(20(25)24(23(14)2)16-8-4-3-5-9-16)22-13-15-12-21-18-11-7-6-10-17(15)18;1-2(3)4;;/h3-11,13,15,21H,12H2,1-2H3;3-13,17-18,22H,1-2H3;1H3,(H,3,4);;1H2/b;15-13-;;;. The normalized spacial score (nSPS) is 17.7. The molecule has 14 heteroatoms. The summed E-state index contributed by atoms with van der Waals surface area (Å²) in [5.74, 6) is -0.404. The molecule has 0 saturated carbocycles. The second kappa shape index (κ2) is 18.9. The number of para-hydroxylation sites is 3. The molecule has 3 aromatic carbocycles. The number of nitrogens with one attached hydrogen (secondary N) is 2. The van der Waals surface area contributed by atoms with Crippen molar-refractivity contribution < 1.29 is 32.4 Å². The number of hydrogen-bond acceptors (Lipinski definition) is 7. The summed E-state index contributed by atoms with van der Waals surface area (Å²) in [5.41, 5.74) is 7.81. The molecule has 13 nitrogen and oxygen atoms in total. The minimum atomic E-state index is -0.833. The number of nitrogens with zero attached hydrogens (tertiary/aromatic N) is 6. The number of fused-ring (bicyclic) bond motifs is 2. The van der Waals surface area contributed by atoms with E-state index in [0.717, 1.165) is 47.5 Å². The fraction of sp³-hybridized carbons (Fsp3) is 0.214. The van der Waals surface area contributed by atoms with E-state index in [2.05, 4.69) is 44.9 Å². The summed E-state index contributed by atoms with van der Waals surface area (Å²) in [5, 5.41) is 14.0. The number of allylic oxidation sites excluding steroid dienone is 2. The van der Waals surface area contributed by atoms with Crippen molar-refractivity contribution >= 4 is 35.5 Å². The Hall–Kier alpha value is -6.21. The van der Waals surface area contributed by atoms with Crippen molar-refractivity contribution in [3.8, 4) is 11.4 Å². The van der Waals surface area contributed by atoms with Crippen molar-refractivity contribution in [2.45, 2.75) is 32.7 Å². The molecule has 3 unspecified atom stereocenters. The number of carboxylic acids is 1. The molecule has 0 saturated heterocycles. The Kier molecular flexibility index (Phi) is 14.4. The molecular formula is C42H46CuN8O5. The maximum Gasteiger partial charge on any atom is 0.300 e. The van der Waals surface area contributed by atoms with Crippen LogP contribution in [0.25, 0.3) is 11.4 Å². The Balaban J connectivity index is 0.000000220. The molecule has 0 spiro atoms. The molecule has 3 atom stereocenters. The SMILES string of the molecule is CC(=O)O.Cc1c(N/C=C2/C=NC3C=CC=CC23)c(=O)n(-c2ccccc2)n1C.Cc1c(N=CC2CNc3ccccc32)c(=O)n(-c2ccccc2)n1C.O.[Cu]. The van der Waals surface area contributed by atoms with Crippen LogP contribution in [0.4, 0.5) is 17.1 Å². The van der Waals surface area contributed by atoms with E-state index < -0.39 is 5.97 Å². The quantitative estimate of drug-likeness (QED) is 0.148. The van der Waals surface area contributed by atoms with E-state index in [-0.39, 0.29) is 51.5 Å². The van der Waals surface area contributed by atoms with E-state index in [1.165, 1.54) is 5.56 Å². The van der Waals surface area contributed by atoms with Gasteiger partial charge >= 0.3 is 0 Å². The van der Waals surface area contributed by atoms with E-state index >= 15 is 0 Å². The Labute approximate surface area is 335 Å². The van der Waals surface area contributed by atoms with E-state index in [1.54, 1.807) is 9.36 Å². The van der Waals surface area contributed by atoms with Crippen LogP contribution in [0.5, 0.6) is 0 Å². The first-order chi connectivity index (χ1) is 26.1. The monoisotopic (exact) mass is 805 g/mol. The van der Waals surface area contributed by atoms with E-state index in [4.69, 9.17) is 9.90 Å². The summed E-state index contributed by atoms with van der Waals surface area (Å²) in [6.07, 6.45) is 14.0. The minimum absolute atomic E-state index is 0. The van der Waals surface area contributed by atoms with Gasteiger partial charge in [-0.1, -0.05) is 78.9 Å². The number of carboxylic acid groups (broad SMARTS) is 1. The van der Waals surface area contributed by atoms with Crippen LogP contribution >= 0.6 is 0 Å². The molecule has 4 heterocycles. The summed E-state index contributed by atoms with van der Waals surface area (Å²) >= 11 is 0. The molecule has 5 aromatic rings. The van der Waals surface area contributed by atoms with Gasteiger partial charge in [0.1, 0.15) is 5.69 Å². The molecule has 2 aliphatic heterocycles. The number of aliphatic imine (C=N–C) groups is 2. The fourth-order valence-corrected chi connectivity index (χ4v) is 6.64. The van der Waals surface area contributed by atoms with Gasteiger partial charge in [0.15, 0.2) is 5.69 Å². The molecule has 2 aromatic heterocycles. The average molecular weight is 806 g/mol. The zero-order valence-corrected chi connectivity index (χ0v) is 32.7. The van der Waals surface area contributed by atoms with Gasteiger partial charge in [0.2, 0.25) is 0 Å². The largest absolute Gasteiger partial charge is 0.481 e. The molecule has 0 amide bonds. The van der Waals surface area contributed by atoms with Gasteiger partial charge in [-0.25, -0.2) is 9.36 Å². The van der Waals surface area contributed by atoms with Crippen molar-refractivity contribution in [1.82, 2.24) is 18.7 Å². The van der Waals surface area contributed by atoms with E-state index in [1.807, 2.05) is 141 Å². The molecule has 5 N–H and O–H groups in total. The predicted octanol–water partition coefficient (Wildman–Crippen LogP) is 5.64. The van der Waals surface area contributed by atoms with Crippen molar-refractivity contribution in [3.05, 3.63) is 159 Å². The Morgan fingerprint density at radius 2 is 1.41 bits per heavy atom. The molecule has 8 rings (SSSR count). The molecule has 56 heavy (non-hydrogen) atoms. The number of anilines is 2. The Bertz CT molecular complexity index is 2420. The van der Waals surface area contributed by atoms with Crippen LogP contribution in [0.1, 0.15) is 29.8 Å².